The number of pyridine rings is 1. The normalized spacial score (nSPS) is 10.5. The largest absolute Gasteiger partial charge is 0.465 e. The second kappa shape index (κ2) is 6.14. The van der Waals surface area contributed by atoms with Gasteiger partial charge in [0, 0.05) is 25.7 Å². The molecule has 0 aliphatic heterocycles. The Morgan fingerprint density at radius 1 is 1.45 bits per heavy atom. The minimum absolute atomic E-state index is 0.389. The highest BCUT2D eigenvalue weighted by molar-refractivity contribution is 5.64. The third kappa shape index (κ3) is 3.31. The summed E-state index contributed by atoms with van der Waals surface area (Å²) >= 11 is 0. The standard InChI is InChI=1S/C13H15FN4O2/c1-2-17(13(19)20)7-5-11-6-8-18(16-11)12-4-3-10(14)9-15-12/h3-4,6,8-9H,2,5,7H2,1H3,(H,19,20). The van der Waals surface area contributed by atoms with E-state index in [9.17, 15) is 9.18 Å². The first-order valence-corrected chi connectivity index (χ1v) is 6.24. The molecule has 1 N–H and O–H groups in total. The van der Waals surface area contributed by atoms with E-state index in [1.165, 1.54) is 21.7 Å². The van der Waals surface area contributed by atoms with Crippen molar-refractivity contribution in [1.82, 2.24) is 19.7 Å². The molecule has 0 atom stereocenters. The Kier molecular flexibility index (Phi) is 4.29. The van der Waals surface area contributed by atoms with Crippen LogP contribution in [-0.4, -0.2) is 44.0 Å². The molecule has 1 amide bonds. The molecule has 0 aromatic carbocycles. The molecule has 2 rings (SSSR count). The van der Waals surface area contributed by atoms with Gasteiger partial charge in [-0.2, -0.15) is 5.10 Å². The number of likely N-dealkylation sites (N-methyl/N-ethyl adjacent to an activating group) is 1. The predicted molar refractivity (Wildman–Crippen MR) is 70.3 cm³/mol. The van der Waals surface area contributed by atoms with Gasteiger partial charge in [0.05, 0.1) is 11.9 Å². The van der Waals surface area contributed by atoms with Gasteiger partial charge >= 0.3 is 6.09 Å². The summed E-state index contributed by atoms with van der Waals surface area (Å²) in [7, 11) is 0. The second-order valence-electron chi connectivity index (χ2n) is 4.20. The fourth-order valence-electron chi connectivity index (χ4n) is 1.76. The van der Waals surface area contributed by atoms with E-state index in [1.807, 2.05) is 0 Å². The number of hydrogen-bond acceptors (Lipinski definition) is 3. The van der Waals surface area contributed by atoms with Crippen molar-refractivity contribution in [2.45, 2.75) is 13.3 Å². The summed E-state index contributed by atoms with van der Waals surface area (Å²) in [6.45, 7) is 2.62. The van der Waals surface area contributed by atoms with Gasteiger partial charge < -0.3 is 10.0 Å². The van der Waals surface area contributed by atoms with Crippen LogP contribution in [0.4, 0.5) is 9.18 Å². The Morgan fingerprint density at radius 3 is 2.85 bits per heavy atom. The lowest BCUT2D eigenvalue weighted by atomic mass is 10.3. The van der Waals surface area contributed by atoms with Crippen molar-refractivity contribution in [3.05, 3.63) is 42.1 Å². The highest BCUT2D eigenvalue weighted by Crippen LogP contribution is 2.06. The smallest absolute Gasteiger partial charge is 0.407 e. The van der Waals surface area contributed by atoms with Crippen LogP contribution in [0.2, 0.25) is 0 Å². The molecule has 0 aliphatic carbocycles. The number of nitrogens with zero attached hydrogens (tertiary/aromatic N) is 4. The molecular weight excluding hydrogens is 263 g/mol. The maximum atomic E-state index is 12.8. The summed E-state index contributed by atoms with van der Waals surface area (Å²) in [5, 5.41) is 13.2. The van der Waals surface area contributed by atoms with Gasteiger partial charge in [-0.15, -0.1) is 0 Å². The maximum Gasteiger partial charge on any atom is 0.407 e. The molecule has 0 spiro atoms. The Hall–Kier alpha value is -2.44. The zero-order valence-corrected chi connectivity index (χ0v) is 11.0. The quantitative estimate of drug-likeness (QED) is 0.907. The molecule has 6 nitrogen and oxygen atoms in total. The minimum atomic E-state index is -0.938. The van der Waals surface area contributed by atoms with Crippen LogP contribution in [0.1, 0.15) is 12.6 Å². The number of amides is 1. The van der Waals surface area contributed by atoms with Crippen molar-refractivity contribution in [1.29, 1.82) is 0 Å². The van der Waals surface area contributed by atoms with Crippen LogP contribution >= 0.6 is 0 Å². The van der Waals surface area contributed by atoms with Crippen molar-refractivity contribution in [2.75, 3.05) is 13.1 Å². The van der Waals surface area contributed by atoms with Gasteiger partial charge in [0.25, 0.3) is 0 Å². The van der Waals surface area contributed by atoms with E-state index in [-0.39, 0.29) is 0 Å². The van der Waals surface area contributed by atoms with Crippen LogP contribution in [0.25, 0.3) is 5.82 Å². The molecule has 2 aromatic heterocycles. The summed E-state index contributed by atoms with van der Waals surface area (Å²) in [4.78, 5) is 16.1. The van der Waals surface area contributed by atoms with Crippen molar-refractivity contribution in [2.24, 2.45) is 0 Å². The topological polar surface area (TPSA) is 71.2 Å². The molecule has 2 aromatic rings. The third-order valence-corrected chi connectivity index (χ3v) is 2.88. The Labute approximate surface area is 115 Å². The molecule has 2 heterocycles. The number of carbonyl (C=O) groups is 1. The maximum absolute atomic E-state index is 12.8. The highest BCUT2D eigenvalue weighted by atomic mass is 19.1. The van der Waals surface area contributed by atoms with Gasteiger partial charge in [-0.1, -0.05) is 0 Å². The molecule has 0 unspecified atom stereocenters. The van der Waals surface area contributed by atoms with E-state index in [0.717, 1.165) is 11.9 Å². The Bertz CT molecular complexity index is 582. The lowest BCUT2D eigenvalue weighted by molar-refractivity contribution is 0.148. The van der Waals surface area contributed by atoms with Gasteiger partial charge in [-0.25, -0.2) is 18.9 Å². The van der Waals surface area contributed by atoms with Crippen LogP contribution < -0.4 is 0 Å². The Balaban J connectivity index is 2.02. The van der Waals surface area contributed by atoms with E-state index in [2.05, 4.69) is 10.1 Å². The summed E-state index contributed by atoms with van der Waals surface area (Å²) in [6.07, 6.45) is 2.42. The van der Waals surface area contributed by atoms with Crippen LogP contribution in [-0.2, 0) is 6.42 Å². The molecule has 0 saturated carbocycles. The summed E-state index contributed by atoms with van der Waals surface area (Å²) in [6, 6.07) is 4.63. The van der Waals surface area contributed by atoms with Crippen molar-refractivity contribution >= 4 is 6.09 Å². The number of rotatable bonds is 5. The number of hydrogen-bond donors (Lipinski definition) is 1. The van der Waals surface area contributed by atoms with Gasteiger partial charge in [-0.3, -0.25) is 0 Å². The lowest BCUT2D eigenvalue weighted by Gasteiger charge is -2.15. The predicted octanol–water partition coefficient (Wildman–Crippen LogP) is 1.95. The lowest BCUT2D eigenvalue weighted by Crippen LogP contribution is -2.31. The average molecular weight is 278 g/mol. The zero-order valence-electron chi connectivity index (χ0n) is 11.0. The summed E-state index contributed by atoms with van der Waals surface area (Å²) in [5.41, 5.74) is 0.760. The van der Waals surface area contributed by atoms with Gasteiger partial charge in [0.2, 0.25) is 0 Å². The van der Waals surface area contributed by atoms with Crippen molar-refractivity contribution in [3.63, 3.8) is 0 Å². The number of aromatic nitrogens is 3. The molecule has 0 fully saturated rings. The van der Waals surface area contributed by atoms with Crippen LogP contribution in [0.5, 0.6) is 0 Å². The first-order valence-electron chi connectivity index (χ1n) is 6.24. The van der Waals surface area contributed by atoms with E-state index in [1.54, 1.807) is 19.2 Å². The molecule has 0 aliphatic rings. The van der Waals surface area contributed by atoms with Crippen LogP contribution in [0, 0.1) is 5.82 Å². The second-order valence-corrected chi connectivity index (χ2v) is 4.20. The average Bonchev–Trinajstić information content (AvgIpc) is 2.89. The van der Waals surface area contributed by atoms with E-state index < -0.39 is 11.9 Å². The van der Waals surface area contributed by atoms with Gasteiger partial charge in [0.15, 0.2) is 5.82 Å². The van der Waals surface area contributed by atoms with E-state index in [4.69, 9.17) is 5.11 Å². The molecule has 0 bridgehead atoms. The molecular formula is C13H15FN4O2. The van der Waals surface area contributed by atoms with E-state index >= 15 is 0 Å². The van der Waals surface area contributed by atoms with Crippen molar-refractivity contribution < 1.29 is 14.3 Å². The van der Waals surface area contributed by atoms with Crippen molar-refractivity contribution in [3.8, 4) is 5.82 Å². The van der Waals surface area contributed by atoms with Gasteiger partial charge in [-0.05, 0) is 25.1 Å². The third-order valence-electron chi connectivity index (χ3n) is 2.88. The Morgan fingerprint density at radius 2 is 2.25 bits per heavy atom. The molecule has 0 radical (unpaired) electrons. The monoisotopic (exact) mass is 278 g/mol. The minimum Gasteiger partial charge on any atom is -0.465 e. The van der Waals surface area contributed by atoms with Gasteiger partial charge in [0.1, 0.15) is 5.82 Å². The number of halogens is 1. The first-order chi connectivity index (χ1) is 9.60. The SMILES string of the molecule is CCN(CCc1ccn(-c2ccc(F)cn2)n1)C(=O)O. The first kappa shape index (κ1) is 14.0. The number of carboxylic acid groups (broad SMARTS) is 1. The zero-order chi connectivity index (χ0) is 14.5. The fraction of sp³-hybridized carbons (Fsp3) is 0.308. The summed E-state index contributed by atoms with van der Waals surface area (Å²) in [5.74, 6) is 0.115. The molecule has 0 saturated heterocycles. The highest BCUT2D eigenvalue weighted by Gasteiger charge is 2.10. The van der Waals surface area contributed by atoms with Crippen LogP contribution in [0.15, 0.2) is 30.6 Å². The summed E-state index contributed by atoms with van der Waals surface area (Å²) < 4.78 is 14.3. The molecule has 106 valence electrons. The molecule has 7 heteroatoms. The van der Waals surface area contributed by atoms with Crippen LogP contribution in [0.3, 0.4) is 0 Å². The fourth-order valence-corrected chi connectivity index (χ4v) is 1.76. The van der Waals surface area contributed by atoms with E-state index in [0.29, 0.717) is 25.3 Å². The molecule has 20 heavy (non-hydrogen) atoms.